The second-order valence-corrected chi connectivity index (χ2v) is 4.87. The van der Waals surface area contributed by atoms with Crippen molar-refractivity contribution in [3.8, 4) is 0 Å². The SMILES string of the molecule is OC(Cc1nc2ccccc2s1)CC(F)(F)F. The Hall–Kier alpha value is -1.14. The topological polar surface area (TPSA) is 33.1 Å². The minimum atomic E-state index is -4.34. The highest BCUT2D eigenvalue weighted by Gasteiger charge is 2.31. The number of hydrogen-bond donors (Lipinski definition) is 1. The van der Waals surface area contributed by atoms with Gasteiger partial charge in [0.25, 0.3) is 0 Å². The van der Waals surface area contributed by atoms with E-state index in [9.17, 15) is 18.3 Å². The zero-order valence-corrected chi connectivity index (χ0v) is 9.55. The lowest BCUT2D eigenvalue weighted by Crippen LogP contribution is -2.21. The standard InChI is InChI=1S/C11H10F3NOS/c12-11(13,14)6-7(16)5-10-15-8-3-1-2-4-9(8)17-10/h1-4,7,16H,5-6H2. The lowest BCUT2D eigenvalue weighted by Gasteiger charge is -2.11. The number of para-hydroxylation sites is 1. The average Bonchev–Trinajstić information content (AvgIpc) is 2.55. The van der Waals surface area contributed by atoms with Crippen LogP contribution in [0.5, 0.6) is 0 Å². The molecule has 0 spiro atoms. The molecule has 0 aliphatic heterocycles. The lowest BCUT2D eigenvalue weighted by atomic mass is 10.2. The molecule has 1 aromatic heterocycles. The number of alkyl halides is 3. The van der Waals surface area contributed by atoms with Gasteiger partial charge in [-0.1, -0.05) is 12.1 Å². The van der Waals surface area contributed by atoms with E-state index >= 15 is 0 Å². The second kappa shape index (κ2) is 4.62. The van der Waals surface area contributed by atoms with Crippen LogP contribution < -0.4 is 0 Å². The fourth-order valence-corrected chi connectivity index (χ4v) is 2.59. The molecule has 0 aliphatic carbocycles. The van der Waals surface area contributed by atoms with Crippen LogP contribution in [0.15, 0.2) is 24.3 Å². The van der Waals surface area contributed by atoms with Gasteiger partial charge in [-0.2, -0.15) is 13.2 Å². The predicted octanol–water partition coefficient (Wildman–Crippen LogP) is 3.15. The number of benzene rings is 1. The molecule has 0 amide bonds. The van der Waals surface area contributed by atoms with E-state index in [0.717, 1.165) is 10.2 Å². The Morgan fingerprint density at radius 3 is 2.65 bits per heavy atom. The summed E-state index contributed by atoms with van der Waals surface area (Å²) in [6.07, 6.45) is -7.01. The van der Waals surface area contributed by atoms with Crippen LogP contribution in [0.3, 0.4) is 0 Å². The van der Waals surface area contributed by atoms with Gasteiger partial charge in [-0.25, -0.2) is 4.98 Å². The molecule has 1 unspecified atom stereocenters. The molecule has 0 radical (unpaired) electrons. The molecule has 17 heavy (non-hydrogen) atoms. The number of thiazole rings is 1. The molecule has 0 aliphatic rings. The van der Waals surface area contributed by atoms with Crippen molar-refractivity contribution in [2.45, 2.75) is 25.1 Å². The second-order valence-electron chi connectivity index (χ2n) is 3.75. The van der Waals surface area contributed by atoms with Gasteiger partial charge in [-0.15, -0.1) is 11.3 Å². The van der Waals surface area contributed by atoms with Gasteiger partial charge in [0.05, 0.1) is 27.7 Å². The molecule has 2 aromatic rings. The molecule has 0 saturated heterocycles. The first-order chi connectivity index (χ1) is 7.94. The highest BCUT2D eigenvalue weighted by molar-refractivity contribution is 7.18. The number of aromatic nitrogens is 1. The Morgan fingerprint density at radius 2 is 2.00 bits per heavy atom. The summed E-state index contributed by atoms with van der Waals surface area (Å²) >= 11 is 1.31. The summed E-state index contributed by atoms with van der Waals surface area (Å²) < 4.78 is 37.0. The highest BCUT2D eigenvalue weighted by Crippen LogP contribution is 2.26. The maximum absolute atomic E-state index is 12.0. The minimum absolute atomic E-state index is 0.0567. The van der Waals surface area contributed by atoms with Gasteiger partial charge >= 0.3 is 6.18 Å². The number of aliphatic hydroxyl groups is 1. The molecule has 0 bridgehead atoms. The Balaban J connectivity index is 2.08. The molecular formula is C11H10F3NOS. The summed E-state index contributed by atoms with van der Waals surface area (Å²) in [5, 5.41) is 9.84. The third-order valence-corrected chi connectivity index (χ3v) is 3.27. The van der Waals surface area contributed by atoms with Crippen LogP contribution in [-0.2, 0) is 6.42 Å². The van der Waals surface area contributed by atoms with E-state index in [1.165, 1.54) is 11.3 Å². The monoisotopic (exact) mass is 261 g/mol. The molecule has 1 atom stereocenters. The van der Waals surface area contributed by atoms with Gasteiger partial charge in [0.1, 0.15) is 0 Å². The molecule has 6 heteroatoms. The third kappa shape index (κ3) is 3.41. The summed E-state index contributed by atoms with van der Waals surface area (Å²) in [5.74, 6) is 0. The summed E-state index contributed by atoms with van der Waals surface area (Å²) in [4.78, 5) is 4.17. The third-order valence-electron chi connectivity index (χ3n) is 2.22. The van der Waals surface area contributed by atoms with E-state index in [1.807, 2.05) is 18.2 Å². The lowest BCUT2D eigenvalue weighted by molar-refractivity contribution is -0.153. The normalized spacial score (nSPS) is 14.1. The number of rotatable bonds is 3. The van der Waals surface area contributed by atoms with Crippen molar-refractivity contribution in [2.24, 2.45) is 0 Å². The summed E-state index contributed by atoms with van der Waals surface area (Å²) in [5.41, 5.74) is 0.756. The van der Waals surface area contributed by atoms with Gasteiger partial charge < -0.3 is 5.11 Å². The van der Waals surface area contributed by atoms with Gasteiger partial charge in [0, 0.05) is 6.42 Å². The van der Waals surface area contributed by atoms with E-state index in [-0.39, 0.29) is 6.42 Å². The molecule has 2 nitrogen and oxygen atoms in total. The fraction of sp³-hybridized carbons (Fsp3) is 0.364. The summed E-state index contributed by atoms with van der Waals surface area (Å²) in [6, 6.07) is 7.31. The van der Waals surface area contributed by atoms with Crippen molar-refractivity contribution in [3.63, 3.8) is 0 Å². The van der Waals surface area contributed by atoms with Gasteiger partial charge in [0.15, 0.2) is 0 Å². The first-order valence-electron chi connectivity index (χ1n) is 5.03. The molecular weight excluding hydrogens is 251 g/mol. The molecule has 0 saturated carbocycles. The number of nitrogens with zero attached hydrogens (tertiary/aromatic N) is 1. The number of hydrogen-bond acceptors (Lipinski definition) is 3. The van der Waals surface area contributed by atoms with Gasteiger partial charge in [0.2, 0.25) is 0 Å². The summed E-state index contributed by atoms with van der Waals surface area (Å²) in [6.45, 7) is 0. The minimum Gasteiger partial charge on any atom is -0.392 e. The van der Waals surface area contributed by atoms with Crippen molar-refractivity contribution < 1.29 is 18.3 Å². The van der Waals surface area contributed by atoms with Crippen LogP contribution >= 0.6 is 11.3 Å². The molecule has 1 heterocycles. The molecule has 2 rings (SSSR count). The Bertz CT molecular complexity index is 476. The van der Waals surface area contributed by atoms with Crippen LogP contribution in [0, 0.1) is 0 Å². The van der Waals surface area contributed by atoms with Crippen molar-refractivity contribution in [2.75, 3.05) is 0 Å². The molecule has 92 valence electrons. The first kappa shape index (κ1) is 12.3. The summed E-state index contributed by atoms with van der Waals surface area (Å²) in [7, 11) is 0. The average molecular weight is 261 g/mol. The van der Waals surface area contributed by atoms with Crippen molar-refractivity contribution in [1.29, 1.82) is 0 Å². The van der Waals surface area contributed by atoms with Crippen molar-refractivity contribution >= 4 is 21.6 Å². The quantitative estimate of drug-likeness (QED) is 0.920. The van der Waals surface area contributed by atoms with E-state index in [4.69, 9.17) is 0 Å². The van der Waals surface area contributed by atoms with Crippen LogP contribution in [0.25, 0.3) is 10.2 Å². The van der Waals surface area contributed by atoms with E-state index in [2.05, 4.69) is 4.98 Å². The van der Waals surface area contributed by atoms with E-state index in [1.54, 1.807) is 6.07 Å². The molecule has 0 fully saturated rings. The Kier molecular flexibility index (Phi) is 3.35. The van der Waals surface area contributed by atoms with Gasteiger partial charge in [-0.3, -0.25) is 0 Å². The zero-order chi connectivity index (χ0) is 12.5. The van der Waals surface area contributed by atoms with Crippen LogP contribution in [0.1, 0.15) is 11.4 Å². The first-order valence-corrected chi connectivity index (χ1v) is 5.85. The Morgan fingerprint density at radius 1 is 1.29 bits per heavy atom. The molecule has 1 N–H and O–H groups in total. The smallest absolute Gasteiger partial charge is 0.391 e. The van der Waals surface area contributed by atoms with E-state index < -0.39 is 18.7 Å². The van der Waals surface area contributed by atoms with E-state index in [0.29, 0.717) is 5.01 Å². The number of aliphatic hydroxyl groups excluding tert-OH is 1. The van der Waals surface area contributed by atoms with Crippen molar-refractivity contribution in [1.82, 2.24) is 4.98 Å². The maximum Gasteiger partial charge on any atom is 0.391 e. The highest BCUT2D eigenvalue weighted by atomic mass is 32.1. The molecule has 1 aromatic carbocycles. The van der Waals surface area contributed by atoms with Crippen LogP contribution in [0.4, 0.5) is 13.2 Å². The number of fused-ring (bicyclic) bond motifs is 1. The van der Waals surface area contributed by atoms with Gasteiger partial charge in [-0.05, 0) is 12.1 Å². The van der Waals surface area contributed by atoms with Crippen LogP contribution in [0.2, 0.25) is 0 Å². The predicted molar refractivity (Wildman–Crippen MR) is 60.0 cm³/mol. The van der Waals surface area contributed by atoms with Crippen molar-refractivity contribution in [3.05, 3.63) is 29.3 Å². The van der Waals surface area contributed by atoms with Crippen LogP contribution in [-0.4, -0.2) is 22.4 Å². The maximum atomic E-state index is 12.0. The number of halogens is 3. The largest absolute Gasteiger partial charge is 0.392 e. The fourth-order valence-electron chi connectivity index (χ4n) is 1.55. The Labute approximate surface area is 99.7 Å². The zero-order valence-electron chi connectivity index (χ0n) is 8.74.